The van der Waals surface area contributed by atoms with Crippen LogP contribution in [0.15, 0.2) is 28.0 Å². The van der Waals surface area contributed by atoms with Gasteiger partial charge in [0.15, 0.2) is 0 Å². The summed E-state index contributed by atoms with van der Waals surface area (Å²) in [4.78, 5) is -1.08. The van der Waals surface area contributed by atoms with Gasteiger partial charge in [-0.1, -0.05) is 0 Å². The summed E-state index contributed by atoms with van der Waals surface area (Å²) in [5.41, 5.74) is -0.539. The lowest BCUT2D eigenvalue weighted by Crippen LogP contribution is -2.34. The van der Waals surface area contributed by atoms with Crippen LogP contribution in [0.2, 0.25) is 0 Å². The fourth-order valence-corrected chi connectivity index (χ4v) is 3.81. The summed E-state index contributed by atoms with van der Waals surface area (Å²) in [6, 6.07) is 2.43. The molecule has 0 bridgehead atoms. The van der Waals surface area contributed by atoms with Crippen LogP contribution in [0.5, 0.6) is 0 Å². The number of halogens is 2. The van der Waals surface area contributed by atoms with Crippen molar-refractivity contribution in [2.75, 3.05) is 0 Å². The van der Waals surface area contributed by atoms with E-state index < -0.39 is 40.2 Å². The van der Waals surface area contributed by atoms with E-state index in [9.17, 15) is 21.2 Å². The number of hydrogen-bond donors (Lipinski definition) is 1. The van der Waals surface area contributed by atoms with Crippen molar-refractivity contribution < 1.29 is 21.2 Å². The molecule has 1 aliphatic rings. The van der Waals surface area contributed by atoms with Crippen LogP contribution in [0.25, 0.3) is 0 Å². The molecule has 5 nitrogen and oxygen atoms in total. The maximum atomic E-state index is 13.7. The lowest BCUT2D eigenvalue weighted by Gasteiger charge is -2.12. The summed E-state index contributed by atoms with van der Waals surface area (Å²) < 4.78 is 62.0. The Labute approximate surface area is 115 Å². The largest absolute Gasteiger partial charge is 0.261 e. The molecule has 1 aromatic rings. The summed E-state index contributed by atoms with van der Waals surface area (Å²) in [6.07, 6.45) is 1.37. The molecule has 1 fully saturated rings. The highest BCUT2D eigenvalue weighted by Crippen LogP contribution is 2.36. The Hall–Kier alpha value is -0.700. The molecule has 0 unspecified atom stereocenters. The molecule has 0 heterocycles. The highest BCUT2D eigenvalue weighted by atomic mass is 35.7. The molecule has 9 heteroatoms. The van der Waals surface area contributed by atoms with E-state index in [2.05, 4.69) is 4.72 Å². The summed E-state index contributed by atoms with van der Waals surface area (Å²) in [5, 5.41) is 0. The highest BCUT2D eigenvalue weighted by Gasteiger charge is 2.41. The standard InChI is InChI=1S/C10H11ClFNO4S2/c1-10(4-5-10)13-19(16,17)9-3-2-7(6-8(9)12)18(11,14)15/h2-3,6,13H,4-5H2,1H3. The first-order valence-corrected chi connectivity index (χ1v) is 9.11. The second kappa shape index (κ2) is 4.41. The van der Waals surface area contributed by atoms with Gasteiger partial charge in [-0.15, -0.1) is 0 Å². The summed E-state index contributed by atoms with van der Waals surface area (Å²) >= 11 is 0. The van der Waals surface area contributed by atoms with Crippen LogP contribution in [-0.2, 0) is 19.1 Å². The SMILES string of the molecule is CC1(NS(=O)(=O)c2ccc(S(=O)(=O)Cl)cc2F)CC1. The minimum atomic E-state index is -4.09. The zero-order chi connectivity index (χ0) is 14.5. The zero-order valence-electron chi connectivity index (χ0n) is 9.85. The summed E-state index contributed by atoms with van der Waals surface area (Å²) in [7, 11) is -3.05. The van der Waals surface area contributed by atoms with Gasteiger partial charge in [0.1, 0.15) is 10.7 Å². The predicted octanol–water partition coefficient (Wildman–Crippen LogP) is 1.58. The van der Waals surface area contributed by atoms with Crippen molar-refractivity contribution in [2.24, 2.45) is 0 Å². The third-order valence-electron chi connectivity index (χ3n) is 2.86. The average Bonchev–Trinajstić information content (AvgIpc) is 2.92. The Morgan fingerprint density at radius 2 is 1.84 bits per heavy atom. The number of benzene rings is 1. The van der Waals surface area contributed by atoms with Crippen molar-refractivity contribution in [1.29, 1.82) is 0 Å². The van der Waals surface area contributed by atoms with Crippen molar-refractivity contribution in [2.45, 2.75) is 35.1 Å². The fourth-order valence-electron chi connectivity index (χ4n) is 1.52. The number of hydrogen-bond acceptors (Lipinski definition) is 4. The van der Waals surface area contributed by atoms with Gasteiger partial charge in [0.2, 0.25) is 10.0 Å². The first-order valence-electron chi connectivity index (χ1n) is 5.32. The molecule has 0 radical (unpaired) electrons. The maximum absolute atomic E-state index is 13.7. The second-order valence-electron chi connectivity index (χ2n) is 4.70. The number of sulfonamides is 1. The van der Waals surface area contributed by atoms with E-state index in [1.807, 2.05) is 0 Å². The smallest absolute Gasteiger partial charge is 0.207 e. The number of rotatable bonds is 4. The molecular weight excluding hydrogens is 317 g/mol. The van der Waals surface area contributed by atoms with Crippen LogP contribution in [0, 0.1) is 5.82 Å². The Morgan fingerprint density at radius 1 is 1.26 bits per heavy atom. The average molecular weight is 328 g/mol. The Kier molecular flexibility index (Phi) is 3.41. The molecule has 19 heavy (non-hydrogen) atoms. The molecule has 1 aromatic carbocycles. The third-order valence-corrected chi connectivity index (χ3v) is 5.88. The molecule has 106 valence electrons. The van der Waals surface area contributed by atoms with Crippen LogP contribution >= 0.6 is 10.7 Å². The molecule has 0 aliphatic heterocycles. The van der Waals surface area contributed by atoms with Crippen molar-refractivity contribution in [3.63, 3.8) is 0 Å². The molecule has 1 aliphatic carbocycles. The van der Waals surface area contributed by atoms with E-state index in [0.717, 1.165) is 12.1 Å². The molecule has 0 saturated heterocycles. The quantitative estimate of drug-likeness (QED) is 0.851. The van der Waals surface area contributed by atoms with Gasteiger partial charge in [-0.05, 0) is 38.0 Å². The molecule has 1 saturated carbocycles. The van der Waals surface area contributed by atoms with Gasteiger partial charge in [0.25, 0.3) is 9.05 Å². The molecular formula is C10H11ClFNO4S2. The van der Waals surface area contributed by atoms with Gasteiger partial charge < -0.3 is 0 Å². The van der Waals surface area contributed by atoms with E-state index in [1.54, 1.807) is 6.92 Å². The normalized spacial score (nSPS) is 18.3. The Bertz CT molecular complexity index is 726. The zero-order valence-corrected chi connectivity index (χ0v) is 12.2. The first kappa shape index (κ1) is 14.7. The van der Waals surface area contributed by atoms with Gasteiger partial charge in [-0.3, -0.25) is 0 Å². The van der Waals surface area contributed by atoms with Crippen LogP contribution in [-0.4, -0.2) is 22.4 Å². The summed E-state index contributed by atoms with van der Waals surface area (Å²) in [5.74, 6) is -1.15. The lowest BCUT2D eigenvalue weighted by atomic mass is 10.3. The van der Waals surface area contributed by atoms with Crippen molar-refractivity contribution >= 4 is 29.8 Å². The minimum absolute atomic E-state index is 0.483. The molecule has 1 N–H and O–H groups in total. The van der Waals surface area contributed by atoms with E-state index in [1.165, 1.54) is 0 Å². The topological polar surface area (TPSA) is 80.3 Å². The lowest BCUT2D eigenvalue weighted by molar-refractivity contribution is 0.538. The Balaban J connectivity index is 2.41. The van der Waals surface area contributed by atoms with E-state index in [0.29, 0.717) is 18.9 Å². The molecule has 0 amide bonds. The van der Waals surface area contributed by atoms with Gasteiger partial charge in [0, 0.05) is 16.2 Å². The van der Waals surface area contributed by atoms with Crippen LogP contribution in [0.3, 0.4) is 0 Å². The van der Waals surface area contributed by atoms with E-state index >= 15 is 0 Å². The highest BCUT2D eigenvalue weighted by molar-refractivity contribution is 8.13. The van der Waals surface area contributed by atoms with Crippen molar-refractivity contribution in [3.8, 4) is 0 Å². The van der Waals surface area contributed by atoms with Crippen molar-refractivity contribution in [1.82, 2.24) is 4.72 Å². The molecule has 0 spiro atoms. The van der Waals surface area contributed by atoms with Crippen LogP contribution < -0.4 is 4.72 Å². The van der Waals surface area contributed by atoms with Gasteiger partial charge in [-0.2, -0.15) is 0 Å². The number of nitrogens with one attached hydrogen (secondary N) is 1. The summed E-state index contributed by atoms with van der Waals surface area (Å²) in [6.45, 7) is 1.71. The van der Waals surface area contributed by atoms with Crippen LogP contribution in [0.4, 0.5) is 4.39 Å². The van der Waals surface area contributed by atoms with Gasteiger partial charge in [0.05, 0.1) is 4.90 Å². The monoisotopic (exact) mass is 327 g/mol. The third kappa shape index (κ3) is 3.25. The van der Waals surface area contributed by atoms with E-state index in [4.69, 9.17) is 10.7 Å². The second-order valence-corrected chi connectivity index (χ2v) is 8.91. The maximum Gasteiger partial charge on any atom is 0.261 e. The first-order chi connectivity index (χ1) is 8.54. The fraction of sp³-hybridized carbons (Fsp3) is 0.400. The molecule has 2 rings (SSSR count). The van der Waals surface area contributed by atoms with Gasteiger partial charge >= 0.3 is 0 Å². The molecule has 0 aromatic heterocycles. The minimum Gasteiger partial charge on any atom is -0.207 e. The van der Waals surface area contributed by atoms with Crippen LogP contribution in [0.1, 0.15) is 19.8 Å². The predicted molar refractivity (Wildman–Crippen MR) is 67.4 cm³/mol. The Morgan fingerprint density at radius 3 is 2.26 bits per heavy atom. The van der Waals surface area contributed by atoms with Gasteiger partial charge in [-0.25, -0.2) is 25.9 Å². The van der Waals surface area contributed by atoms with E-state index in [-0.39, 0.29) is 0 Å². The van der Waals surface area contributed by atoms with Crippen molar-refractivity contribution in [3.05, 3.63) is 24.0 Å². The molecule has 0 atom stereocenters.